The largest absolute Gasteiger partial charge is 0.378 e. The van der Waals surface area contributed by atoms with Crippen molar-refractivity contribution >= 4 is 23.1 Å². The summed E-state index contributed by atoms with van der Waals surface area (Å²) in [5.41, 5.74) is 3.85. The third kappa shape index (κ3) is 4.23. The number of aryl methyl sites for hydroxylation is 1. The highest BCUT2D eigenvalue weighted by molar-refractivity contribution is 6.07. The molecule has 1 aromatic heterocycles. The molecule has 2 heterocycles. The first kappa shape index (κ1) is 20.8. The Morgan fingerprint density at radius 3 is 2.45 bits per heavy atom. The molecule has 0 bridgehead atoms. The van der Waals surface area contributed by atoms with Gasteiger partial charge < -0.3 is 15.5 Å². The highest BCUT2D eigenvalue weighted by Gasteiger charge is 2.36. The van der Waals surface area contributed by atoms with Crippen LogP contribution in [0.5, 0.6) is 0 Å². The maximum absolute atomic E-state index is 13.8. The van der Waals surface area contributed by atoms with Crippen molar-refractivity contribution in [2.75, 3.05) is 29.6 Å². The molecule has 0 fully saturated rings. The number of nitrogens with one attached hydrogen (secondary N) is 2. The van der Waals surface area contributed by atoms with E-state index in [9.17, 15) is 13.6 Å². The maximum atomic E-state index is 13.8. The number of halogens is 2. The Morgan fingerprint density at radius 2 is 1.84 bits per heavy atom. The van der Waals surface area contributed by atoms with Gasteiger partial charge in [-0.15, -0.1) is 0 Å². The van der Waals surface area contributed by atoms with Crippen LogP contribution in [-0.2, 0) is 0 Å². The topological polar surface area (TPSA) is 62.2 Å². The van der Waals surface area contributed by atoms with Gasteiger partial charge in [-0.2, -0.15) is 5.10 Å². The molecule has 2 atom stereocenters. The predicted molar refractivity (Wildman–Crippen MR) is 118 cm³/mol. The van der Waals surface area contributed by atoms with E-state index in [-0.39, 0.29) is 18.0 Å². The van der Waals surface area contributed by atoms with Gasteiger partial charge in [0.25, 0.3) is 12.3 Å². The molecule has 8 heteroatoms. The Labute approximate surface area is 179 Å². The molecule has 0 saturated carbocycles. The molecule has 6 nitrogen and oxygen atoms in total. The molecule has 1 aliphatic heterocycles. The van der Waals surface area contributed by atoms with Crippen molar-refractivity contribution in [1.82, 2.24) is 9.78 Å². The molecule has 1 amide bonds. The van der Waals surface area contributed by atoms with E-state index in [0.717, 1.165) is 16.8 Å². The number of fused-ring (bicyclic) bond motifs is 1. The molecule has 4 rings (SSSR count). The molecule has 0 spiro atoms. The fraction of sp³-hybridized carbons (Fsp3) is 0.304. The molecule has 2 aromatic carbocycles. The quantitative estimate of drug-likeness (QED) is 0.612. The lowest BCUT2D eigenvalue weighted by Crippen LogP contribution is -2.31. The van der Waals surface area contributed by atoms with E-state index in [1.807, 2.05) is 62.3 Å². The molecule has 31 heavy (non-hydrogen) atoms. The van der Waals surface area contributed by atoms with E-state index in [1.54, 1.807) is 12.1 Å². The third-order valence-electron chi connectivity index (χ3n) is 5.55. The number of carbonyl (C=O) groups excluding carboxylic acids is 1. The zero-order chi connectivity index (χ0) is 22.1. The van der Waals surface area contributed by atoms with Gasteiger partial charge >= 0.3 is 0 Å². The summed E-state index contributed by atoms with van der Waals surface area (Å²) in [4.78, 5) is 14.9. The Kier molecular flexibility index (Phi) is 5.63. The number of hydrogen-bond donors (Lipinski definition) is 2. The summed E-state index contributed by atoms with van der Waals surface area (Å²) in [7, 11) is 3.87. The Hall–Kier alpha value is -3.42. The van der Waals surface area contributed by atoms with Crippen LogP contribution in [0, 0.1) is 6.92 Å². The maximum Gasteiger partial charge on any atom is 0.261 e. The van der Waals surface area contributed by atoms with Gasteiger partial charge in [-0.3, -0.25) is 4.79 Å². The van der Waals surface area contributed by atoms with Crippen LogP contribution in [0.2, 0.25) is 0 Å². The van der Waals surface area contributed by atoms with Gasteiger partial charge in [0.1, 0.15) is 17.4 Å². The van der Waals surface area contributed by atoms with Gasteiger partial charge in [0, 0.05) is 25.5 Å². The van der Waals surface area contributed by atoms with Crippen molar-refractivity contribution in [3.05, 3.63) is 71.4 Å². The monoisotopic (exact) mass is 425 g/mol. The molecule has 0 aliphatic carbocycles. The second-order valence-electron chi connectivity index (χ2n) is 7.99. The van der Waals surface area contributed by atoms with E-state index in [2.05, 4.69) is 15.7 Å². The minimum atomic E-state index is -2.59. The van der Waals surface area contributed by atoms with Crippen LogP contribution in [0.3, 0.4) is 0 Å². The summed E-state index contributed by atoms with van der Waals surface area (Å²) in [5, 5.41) is 10.2. The van der Waals surface area contributed by atoms with Crippen LogP contribution in [0.15, 0.2) is 54.7 Å². The van der Waals surface area contributed by atoms with Crippen molar-refractivity contribution < 1.29 is 13.6 Å². The fourth-order valence-electron chi connectivity index (χ4n) is 3.76. The van der Waals surface area contributed by atoms with Gasteiger partial charge in [-0.05, 0) is 43.2 Å². The number of carbonyl (C=O) groups is 1. The normalized spacial score (nSPS) is 17.7. The first-order chi connectivity index (χ1) is 14.8. The van der Waals surface area contributed by atoms with E-state index in [4.69, 9.17) is 0 Å². The second-order valence-corrected chi connectivity index (χ2v) is 7.99. The molecule has 2 unspecified atom stereocenters. The minimum Gasteiger partial charge on any atom is -0.378 e. The number of benzene rings is 2. The number of nitrogens with zero attached hydrogens (tertiary/aromatic N) is 3. The first-order valence-corrected chi connectivity index (χ1v) is 10.1. The first-order valence-electron chi connectivity index (χ1n) is 10.1. The molecular formula is C23H25F2N5O. The molecule has 0 radical (unpaired) electrons. The Balaban J connectivity index is 1.61. The van der Waals surface area contributed by atoms with Crippen LogP contribution in [0.25, 0.3) is 0 Å². The summed E-state index contributed by atoms with van der Waals surface area (Å²) in [5.74, 6) is -0.0894. The molecule has 0 saturated heterocycles. The number of rotatable bonds is 5. The van der Waals surface area contributed by atoms with E-state index < -0.39 is 18.4 Å². The summed E-state index contributed by atoms with van der Waals surface area (Å²) in [6.07, 6.45) is -1.07. The molecule has 2 N–H and O–H groups in total. The van der Waals surface area contributed by atoms with E-state index >= 15 is 0 Å². The fourth-order valence-corrected chi connectivity index (χ4v) is 3.76. The van der Waals surface area contributed by atoms with Crippen molar-refractivity contribution in [2.45, 2.75) is 31.9 Å². The highest BCUT2D eigenvalue weighted by Crippen LogP contribution is 2.39. The van der Waals surface area contributed by atoms with Gasteiger partial charge in [0.15, 0.2) is 0 Å². The van der Waals surface area contributed by atoms with Crippen molar-refractivity contribution in [2.24, 2.45) is 0 Å². The second kappa shape index (κ2) is 8.37. The average Bonchev–Trinajstić information content (AvgIpc) is 3.18. The van der Waals surface area contributed by atoms with Crippen LogP contribution in [0.1, 0.15) is 40.0 Å². The average molecular weight is 425 g/mol. The van der Waals surface area contributed by atoms with Crippen molar-refractivity contribution in [3.63, 3.8) is 0 Å². The number of anilines is 3. The van der Waals surface area contributed by atoms with E-state index in [1.165, 1.54) is 10.9 Å². The van der Waals surface area contributed by atoms with Gasteiger partial charge in [0.2, 0.25) is 0 Å². The summed E-state index contributed by atoms with van der Waals surface area (Å²) in [6, 6.07) is 13.7. The van der Waals surface area contributed by atoms with Crippen LogP contribution >= 0.6 is 0 Å². The Bertz CT molecular complexity index is 1060. The Morgan fingerprint density at radius 1 is 1.16 bits per heavy atom. The zero-order valence-electron chi connectivity index (χ0n) is 17.6. The number of aromatic nitrogens is 2. The van der Waals surface area contributed by atoms with Crippen LogP contribution < -0.4 is 15.5 Å². The summed E-state index contributed by atoms with van der Waals surface area (Å²) in [6.45, 7) is 1.97. The lowest BCUT2D eigenvalue weighted by atomic mass is 9.96. The van der Waals surface area contributed by atoms with Crippen molar-refractivity contribution in [1.29, 1.82) is 0 Å². The smallest absolute Gasteiger partial charge is 0.261 e. The third-order valence-corrected chi connectivity index (χ3v) is 5.55. The molecular weight excluding hydrogens is 400 g/mol. The number of hydrogen-bond acceptors (Lipinski definition) is 4. The number of alkyl halides is 2. The molecule has 3 aromatic rings. The van der Waals surface area contributed by atoms with Crippen LogP contribution in [-0.4, -0.2) is 36.2 Å². The minimum absolute atomic E-state index is 0.183. The predicted octanol–water partition coefficient (Wildman–Crippen LogP) is 4.87. The van der Waals surface area contributed by atoms with E-state index in [0.29, 0.717) is 11.5 Å². The standard InChI is InChI=1S/C23H25F2N5O/c1-14-4-6-15(7-5-14)19-12-20(21(24)25)30-22(28-19)18(13-26-30)23(31)27-16-8-10-17(11-9-16)29(2)3/h4-11,13,19-21,28H,12H2,1-3H3,(H,27,31). The van der Waals surface area contributed by atoms with Crippen molar-refractivity contribution in [3.8, 4) is 0 Å². The van der Waals surface area contributed by atoms with Crippen LogP contribution in [0.4, 0.5) is 26.0 Å². The highest BCUT2D eigenvalue weighted by atomic mass is 19.3. The molecule has 162 valence electrons. The summed E-state index contributed by atoms with van der Waals surface area (Å²) < 4.78 is 28.9. The van der Waals surface area contributed by atoms with Gasteiger partial charge in [-0.25, -0.2) is 13.5 Å². The number of amides is 1. The SMILES string of the molecule is Cc1ccc(C2CC(C(F)F)n3ncc(C(=O)Nc4ccc(N(C)C)cc4)c3N2)cc1. The lowest BCUT2D eigenvalue weighted by molar-refractivity contribution is 0.0657. The summed E-state index contributed by atoms with van der Waals surface area (Å²) >= 11 is 0. The molecule has 1 aliphatic rings. The lowest BCUT2D eigenvalue weighted by Gasteiger charge is -2.32. The van der Waals surface area contributed by atoms with Gasteiger partial charge in [0.05, 0.1) is 12.2 Å². The zero-order valence-corrected chi connectivity index (χ0v) is 17.6. The van der Waals surface area contributed by atoms with Gasteiger partial charge in [-0.1, -0.05) is 29.8 Å².